The van der Waals surface area contributed by atoms with Gasteiger partial charge in [0.25, 0.3) is 0 Å². The molecule has 89 heavy (non-hydrogen) atoms. The minimum Gasteiger partial charge on any atom is -0.462 e. The Kier molecular flexibility index (Phi) is 62.1. The van der Waals surface area contributed by atoms with Crippen LogP contribution in [0.25, 0.3) is 0 Å². The first-order valence-corrected chi connectivity index (χ1v) is 39.6. The third-order valence-corrected chi connectivity index (χ3v) is 18.2. The second-order valence-corrected chi connectivity index (χ2v) is 28.7. The van der Waals surface area contributed by atoms with Crippen LogP contribution in [0.5, 0.6) is 0 Å². The van der Waals surface area contributed by atoms with Crippen LogP contribution in [-0.2, 0) is 65.4 Å². The lowest BCUT2D eigenvalue weighted by molar-refractivity contribution is -0.161. The molecule has 0 aliphatic carbocycles. The molecule has 17 nitrogen and oxygen atoms in total. The van der Waals surface area contributed by atoms with Gasteiger partial charge in [0.05, 0.1) is 26.4 Å². The highest BCUT2D eigenvalue weighted by Gasteiger charge is 2.30. The topological polar surface area (TPSA) is 237 Å². The van der Waals surface area contributed by atoms with E-state index in [0.29, 0.717) is 25.7 Å². The lowest BCUT2D eigenvalue weighted by atomic mass is 10.0. The summed E-state index contributed by atoms with van der Waals surface area (Å²) in [6.45, 7) is 7.23. The number of rotatable bonds is 70. The van der Waals surface area contributed by atoms with Crippen LogP contribution in [0.4, 0.5) is 0 Å². The average Bonchev–Trinajstić information content (AvgIpc) is 3.72. The Hall–Kier alpha value is -1.94. The van der Waals surface area contributed by atoms with Crippen LogP contribution in [0, 0.1) is 5.92 Å². The summed E-state index contributed by atoms with van der Waals surface area (Å²) < 4.78 is 68.2. The molecule has 19 heteroatoms. The van der Waals surface area contributed by atoms with Crippen molar-refractivity contribution >= 4 is 39.5 Å². The van der Waals surface area contributed by atoms with Crippen LogP contribution in [0.2, 0.25) is 0 Å². The predicted octanol–water partition coefficient (Wildman–Crippen LogP) is 20.1. The van der Waals surface area contributed by atoms with Crippen LogP contribution in [0.15, 0.2) is 0 Å². The van der Waals surface area contributed by atoms with E-state index >= 15 is 0 Å². The molecule has 5 atom stereocenters. The maximum Gasteiger partial charge on any atom is 0.472 e. The lowest BCUT2D eigenvalue weighted by Crippen LogP contribution is -2.30. The fourth-order valence-electron chi connectivity index (χ4n) is 10.6. The van der Waals surface area contributed by atoms with Crippen LogP contribution < -0.4 is 0 Å². The molecule has 0 fully saturated rings. The Morgan fingerprint density at radius 1 is 0.303 bits per heavy atom. The van der Waals surface area contributed by atoms with Gasteiger partial charge in [0.1, 0.15) is 19.3 Å². The number of phosphoric ester groups is 2. The minimum absolute atomic E-state index is 0.106. The van der Waals surface area contributed by atoms with Gasteiger partial charge in [0, 0.05) is 25.7 Å². The van der Waals surface area contributed by atoms with E-state index in [2.05, 4.69) is 34.6 Å². The van der Waals surface area contributed by atoms with Crippen molar-refractivity contribution in [3.8, 4) is 0 Å². The summed E-state index contributed by atoms with van der Waals surface area (Å²) in [6.07, 6.45) is 49.9. The Bertz CT molecular complexity index is 1720. The van der Waals surface area contributed by atoms with Crippen molar-refractivity contribution in [2.45, 2.75) is 380 Å². The highest BCUT2D eigenvalue weighted by Crippen LogP contribution is 2.45. The number of carbonyl (C=O) groups is 4. The fraction of sp³-hybridized carbons (Fsp3) is 0.943. The molecule has 0 aromatic heterocycles. The zero-order valence-electron chi connectivity index (χ0n) is 57.6. The molecule has 0 aromatic carbocycles. The van der Waals surface area contributed by atoms with Gasteiger partial charge < -0.3 is 33.8 Å². The van der Waals surface area contributed by atoms with E-state index in [-0.39, 0.29) is 25.7 Å². The molecule has 0 aromatic rings. The number of phosphoric acid groups is 2. The van der Waals surface area contributed by atoms with E-state index in [4.69, 9.17) is 37.0 Å². The molecular weight excluding hydrogens is 1170 g/mol. The largest absolute Gasteiger partial charge is 0.472 e. The highest BCUT2D eigenvalue weighted by molar-refractivity contribution is 7.47. The molecule has 0 saturated carbocycles. The van der Waals surface area contributed by atoms with Crippen molar-refractivity contribution in [3.05, 3.63) is 0 Å². The molecule has 3 N–H and O–H groups in total. The average molecular weight is 1310 g/mol. The monoisotopic (exact) mass is 1310 g/mol. The molecule has 0 heterocycles. The zero-order chi connectivity index (χ0) is 65.6. The zero-order valence-corrected chi connectivity index (χ0v) is 59.4. The van der Waals surface area contributed by atoms with Gasteiger partial charge >= 0.3 is 39.5 Å². The smallest absolute Gasteiger partial charge is 0.462 e. The van der Waals surface area contributed by atoms with E-state index in [1.807, 2.05) is 0 Å². The normalized spacial score (nSPS) is 14.1. The summed E-state index contributed by atoms with van der Waals surface area (Å²) in [5.41, 5.74) is 0. The van der Waals surface area contributed by atoms with Crippen molar-refractivity contribution in [2.24, 2.45) is 5.92 Å². The van der Waals surface area contributed by atoms with Crippen LogP contribution >= 0.6 is 15.6 Å². The number of aliphatic hydroxyl groups excluding tert-OH is 1. The summed E-state index contributed by atoms with van der Waals surface area (Å²) in [4.78, 5) is 72.4. The van der Waals surface area contributed by atoms with Crippen molar-refractivity contribution in [2.75, 3.05) is 39.6 Å². The third-order valence-electron chi connectivity index (χ3n) is 16.3. The lowest BCUT2D eigenvalue weighted by Gasteiger charge is -2.21. The second kappa shape index (κ2) is 63.5. The van der Waals surface area contributed by atoms with Crippen LogP contribution in [-0.4, -0.2) is 96.7 Å². The van der Waals surface area contributed by atoms with E-state index in [9.17, 15) is 43.2 Å². The van der Waals surface area contributed by atoms with Gasteiger partial charge in [-0.25, -0.2) is 9.13 Å². The maximum absolute atomic E-state index is 13.0. The van der Waals surface area contributed by atoms with E-state index in [0.717, 1.165) is 95.8 Å². The Morgan fingerprint density at radius 3 is 0.764 bits per heavy atom. The summed E-state index contributed by atoms with van der Waals surface area (Å²) in [5, 5.41) is 10.6. The number of hydrogen-bond donors (Lipinski definition) is 3. The van der Waals surface area contributed by atoms with Gasteiger partial charge in [-0.05, 0) is 31.6 Å². The van der Waals surface area contributed by atoms with E-state index in [1.54, 1.807) is 0 Å². The molecule has 0 saturated heterocycles. The molecule has 0 bridgehead atoms. The molecule has 0 aliphatic rings. The molecule has 0 amide bonds. The number of carbonyl (C=O) groups excluding carboxylic acids is 4. The summed E-state index contributed by atoms with van der Waals surface area (Å²) in [6, 6.07) is 0. The molecule has 0 radical (unpaired) electrons. The minimum atomic E-state index is -4.95. The number of esters is 4. The van der Waals surface area contributed by atoms with Crippen molar-refractivity contribution < 1.29 is 80.2 Å². The maximum atomic E-state index is 13.0. The molecule has 528 valence electrons. The van der Waals surface area contributed by atoms with E-state index in [1.165, 1.54) is 186 Å². The second-order valence-electron chi connectivity index (χ2n) is 25.7. The summed E-state index contributed by atoms with van der Waals surface area (Å²) in [7, 11) is -9.89. The predicted molar refractivity (Wildman–Crippen MR) is 358 cm³/mol. The highest BCUT2D eigenvalue weighted by atomic mass is 31.2. The first-order valence-electron chi connectivity index (χ1n) is 36.6. The van der Waals surface area contributed by atoms with Crippen molar-refractivity contribution in [3.63, 3.8) is 0 Å². The summed E-state index contributed by atoms with van der Waals surface area (Å²) in [5.74, 6) is -1.34. The van der Waals surface area contributed by atoms with Gasteiger partial charge in [-0.15, -0.1) is 0 Å². The van der Waals surface area contributed by atoms with Gasteiger partial charge in [0.15, 0.2) is 12.2 Å². The number of unbranched alkanes of at least 4 members (excludes halogenated alkanes) is 42. The van der Waals surface area contributed by atoms with Crippen LogP contribution in [0.3, 0.4) is 0 Å². The molecule has 2 unspecified atom stereocenters. The number of ether oxygens (including phenoxy) is 4. The molecule has 0 aliphatic heterocycles. The first-order chi connectivity index (χ1) is 43.0. The number of hydrogen-bond acceptors (Lipinski definition) is 15. The standard InChI is InChI=1S/C70H136O17P2/c1-6-9-12-15-18-21-22-23-24-25-26-31-36-41-46-51-56-70(75)87-66(60-81-68(73)54-49-44-39-35-30-28-27-29-34-37-42-47-52-63(4)5)62-85-89(78,79)83-58-64(71)57-82-88(76,77)84-61-65(86-69(74)55-50-45-40-33-20-17-14-11-8-3)59-80-67(72)53-48-43-38-32-19-16-13-10-7-2/h63-66,71H,6-62H2,1-5H3,(H,76,77)(H,78,79)/t64-,65+,66+/m0/s1. The number of aliphatic hydroxyl groups is 1. The Balaban J connectivity index is 5.21. The fourth-order valence-corrected chi connectivity index (χ4v) is 12.2. The van der Waals surface area contributed by atoms with Gasteiger partial charge in [-0.2, -0.15) is 0 Å². The SMILES string of the molecule is CCCCCCCCCCCCCCCCCCC(=O)O[C@H](COC(=O)CCCCCCCCCCCCCCC(C)C)COP(=O)(O)OC[C@@H](O)COP(=O)(O)OC[C@@H](COC(=O)CCCCCCCCCCC)OC(=O)CCCCCCCCCCC. The molecule has 0 rings (SSSR count). The molecule has 0 spiro atoms. The Labute approximate surface area is 543 Å². The molecular formula is C70H136O17P2. The third kappa shape index (κ3) is 64.6. The Morgan fingerprint density at radius 2 is 0.517 bits per heavy atom. The first kappa shape index (κ1) is 87.1. The van der Waals surface area contributed by atoms with Crippen LogP contribution in [0.1, 0.15) is 362 Å². The summed E-state index contributed by atoms with van der Waals surface area (Å²) >= 11 is 0. The quantitative estimate of drug-likeness (QED) is 0.0222. The van der Waals surface area contributed by atoms with E-state index < -0.39 is 97.5 Å². The van der Waals surface area contributed by atoms with Gasteiger partial charge in [-0.1, -0.05) is 311 Å². The van der Waals surface area contributed by atoms with Crippen molar-refractivity contribution in [1.29, 1.82) is 0 Å². The van der Waals surface area contributed by atoms with Gasteiger partial charge in [-0.3, -0.25) is 37.3 Å². The van der Waals surface area contributed by atoms with Gasteiger partial charge in [0.2, 0.25) is 0 Å². The van der Waals surface area contributed by atoms with Crippen molar-refractivity contribution in [1.82, 2.24) is 0 Å².